The molecule has 1 fully saturated rings. The zero-order chi connectivity index (χ0) is 26.9. The van der Waals surface area contributed by atoms with E-state index in [4.69, 9.17) is 22.1 Å². The van der Waals surface area contributed by atoms with Gasteiger partial charge in [0.2, 0.25) is 0 Å². The topological polar surface area (TPSA) is 84.6 Å². The van der Waals surface area contributed by atoms with Crippen LogP contribution in [-0.2, 0) is 4.79 Å². The lowest BCUT2D eigenvalue weighted by Crippen LogP contribution is -2.44. The maximum absolute atomic E-state index is 16.0. The first-order chi connectivity index (χ1) is 18.5. The molecule has 3 aromatic rings. The van der Waals surface area contributed by atoms with Crippen molar-refractivity contribution in [3.63, 3.8) is 0 Å². The number of ether oxygens (including phenoxy) is 1. The highest BCUT2D eigenvalue weighted by atomic mass is 35.5. The monoisotopic (exact) mass is 543 g/mol. The minimum atomic E-state index is -0.722. The number of carbonyl (C=O) groups is 1. The third kappa shape index (κ3) is 6.39. The van der Waals surface area contributed by atoms with Crippen LogP contribution in [0.25, 0.3) is 22.0 Å². The van der Waals surface area contributed by atoms with E-state index >= 15 is 8.78 Å². The molecule has 4 rings (SSSR count). The van der Waals surface area contributed by atoms with Gasteiger partial charge in [-0.3, -0.25) is 4.79 Å². The normalized spacial score (nSPS) is 14.0. The third-order valence-electron chi connectivity index (χ3n) is 6.62. The largest absolute Gasteiger partial charge is 0.493 e. The average molecular weight is 544 g/mol. The Bertz CT molecular complexity index is 1280. The molecule has 0 radical (unpaired) electrons. The molecule has 2 aromatic carbocycles. The molecule has 2 heterocycles. The summed E-state index contributed by atoms with van der Waals surface area (Å²) in [5.74, 6) is -0.554. The Morgan fingerprint density at radius 1 is 1.03 bits per heavy atom. The summed E-state index contributed by atoms with van der Waals surface area (Å²) < 4.78 is 37.0. The number of hydrogen-bond donors (Lipinski definition) is 1. The predicted octanol–water partition coefficient (Wildman–Crippen LogP) is 5.35. The molecule has 1 saturated heterocycles. The highest BCUT2D eigenvalue weighted by molar-refractivity contribution is 6.34. The molecule has 0 atom stereocenters. The number of anilines is 1. The molecule has 0 bridgehead atoms. The summed E-state index contributed by atoms with van der Waals surface area (Å²) in [5, 5.41) is 0.502. The Morgan fingerprint density at radius 2 is 1.79 bits per heavy atom. The van der Waals surface area contributed by atoms with E-state index in [2.05, 4.69) is 9.97 Å². The molecule has 0 saturated carbocycles. The first-order valence-electron chi connectivity index (χ1n) is 12.9. The summed E-state index contributed by atoms with van der Waals surface area (Å²) in [6.45, 7) is 3.65. The minimum Gasteiger partial charge on any atom is -0.493 e. The number of fused-ring (bicyclic) bond motifs is 1. The second-order valence-corrected chi connectivity index (χ2v) is 9.57. The van der Waals surface area contributed by atoms with Crippen molar-refractivity contribution in [3.05, 3.63) is 59.5 Å². The van der Waals surface area contributed by atoms with Crippen LogP contribution >= 0.6 is 11.6 Å². The van der Waals surface area contributed by atoms with Crippen LogP contribution in [0.15, 0.2) is 42.9 Å². The van der Waals surface area contributed by atoms with Gasteiger partial charge in [0.15, 0.2) is 5.82 Å². The van der Waals surface area contributed by atoms with Crippen LogP contribution in [0.5, 0.6) is 5.75 Å². The number of halogens is 3. The van der Waals surface area contributed by atoms with Crippen LogP contribution in [0.3, 0.4) is 0 Å². The molecule has 38 heavy (non-hydrogen) atoms. The molecule has 1 aliphatic rings. The fourth-order valence-corrected chi connectivity index (χ4v) is 4.95. The first kappa shape index (κ1) is 27.7. The summed E-state index contributed by atoms with van der Waals surface area (Å²) in [6.07, 6.45) is 10.1. The molecule has 0 unspecified atom stereocenters. The number of nitrogens with two attached hydrogens (primary N) is 1. The van der Waals surface area contributed by atoms with Crippen molar-refractivity contribution in [2.75, 3.05) is 44.2 Å². The summed E-state index contributed by atoms with van der Waals surface area (Å²) in [4.78, 5) is 23.2. The van der Waals surface area contributed by atoms with Crippen LogP contribution in [0.4, 0.5) is 14.6 Å². The zero-order valence-corrected chi connectivity index (χ0v) is 22.0. The molecule has 202 valence electrons. The van der Waals surface area contributed by atoms with Crippen LogP contribution in [0.1, 0.15) is 32.1 Å². The lowest BCUT2D eigenvalue weighted by atomic mass is 10.0. The number of benzene rings is 2. The fourth-order valence-electron chi connectivity index (χ4n) is 4.66. The van der Waals surface area contributed by atoms with Crippen LogP contribution < -0.4 is 15.4 Å². The van der Waals surface area contributed by atoms with Crippen molar-refractivity contribution in [2.24, 2.45) is 5.73 Å². The molecule has 0 spiro atoms. The Kier molecular flexibility index (Phi) is 9.84. The highest BCUT2D eigenvalue weighted by Gasteiger charge is 2.25. The lowest BCUT2D eigenvalue weighted by molar-refractivity contribution is -0.104. The van der Waals surface area contributed by atoms with Gasteiger partial charge in [-0.05, 0) is 43.7 Å². The van der Waals surface area contributed by atoms with Crippen molar-refractivity contribution < 1.29 is 18.3 Å². The summed E-state index contributed by atoms with van der Waals surface area (Å²) in [5.41, 5.74) is 5.49. The van der Waals surface area contributed by atoms with Gasteiger partial charge in [-0.2, -0.15) is 0 Å². The average Bonchev–Trinajstić information content (AvgIpc) is 2.92. The minimum absolute atomic E-state index is 0.0178. The van der Waals surface area contributed by atoms with Crippen LogP contribution in [-0.4, -0.2) is 60.5 Å². The number of nitrogens with zero attached hydrogens (tertiary/aromatic N) is 4. The van der Waals surface area contributed by atoms with E-state index in [0.29, 0.717) is 50.5 Å². The number of hydrogen-bond acceptors (Lipinski definition) is 7. The van der Waals surface area contributed by atoms with Crippen molar-refractivity contribution in [2.45, 2.75) is 32.1 Å². The Morgan fingerprint density at radius 3 is 2.55 bits per heavy atom. The van der Waals surface area contributed by atoms with E-state index < -0.39 is 11.6 Å². The van der Waals surface area contributed by atoms with E-state index in [0.717, 1.165) is 38.4 Å². The van der Waals surface area contributed by atoms with Gasteiger partial charge in [0.05, 0.1) is 17.2 Å². The van der Waals surface area contributed by atoms with E-state index in [1.807, 2.05) is 9.80 Å². The standard InChI is InChI=1S/C28H32ClF2N5O2/c29-21-18-20-27(33-19-34-28(20)36-14-12-35(13-15-36)11-7-16-37)26(31)24(21)25-22(30)8-6-9-23(25)38-17-5-3-1-2-4-10-32/h6-9,11,16,18-19H,1-5,10,12-15,17,32H2. The van der Waals surface area contributed by atoms with Crippen molar-refractivity contribution in [1.29, 1.82) is 0 Å². The molecular formula is C28H32ClF2N5O2. The molecule has 2 N–H and O–H groups in total. The predicted molar refractivity (Wildman–Crippen MR) is 147 cm³/mol. The van der Waals surface area contributed by atoms with Gasteiger partial charge in [0.1, 0.15) is 35.5 Å². The third-order valence-corrected chi connectivity index (χ3v) is 6.92. The number of rotatable bonds is 12. The second-order valence-electron chi connectivity index (χ2n) is 9.16. The van der Waals surface area contributed by atoms with E-state index in [9.17, 15) is 4.79 Å². The number of piperazine rings is 1. The van der Waals surface area contributed by atoms with E-state index in [1.54, 1.807) is 18.3 Å². The number of allylic oxidation sites excluding steroid dienone is 1. The number of unbranched alkanes of at least 4 members (excludes halogenated alkanes) is 4. The zero-order valence-electron chi connectivity index (χ0n) is 21.2. The van der Waals surface area contributed by atoms with E-state index in [-0.39, 0.29) is 27.4 Å². The maximum atomic E-state index is 16.0. The fraction of sp³-hybridized carbons (Fsp3) is 0.393. The molecule has 0 amide bonds. The second kappa shape index (κ2) is 13.5. The summed E-state index contributed by atoms with van der Waals surface area (Å²) >= 11 is 6.61. The van der Waals surface area contributed by atoms with Crippen molar-refractivity contribution in [1.82, 2.24) is 14.9 Å². The Hall–Kier alpha value is -3.30. The lowest BCUT2D eigenvalue weighted by Gasteiger charge is -2.35. The molecule has 0 aliphatic carbocycles. The SMILES string of the molecule is NCCCCCCCOc1cccc(F)c1-c1c(Cl)cc2c(N3CCN(C=CC=O)CC3)ncnc2c1F. The summed E-state index contributed by atoms with van der Waals surface area (Å²) in [7, 11) is 0. The Labute approximate surface area is 226 Å². The quantitative estimate of drug-likeness (QED) is 0.187. The number of aldehydes is 1. The Balaban J connectivity index is 1.60. The van der Waals surface area contributed by atoms with Gasteiger partial charge in [-0.25, -0.2) is 18.7 Å². The van der Waals surface area contributed by atoms with Crippen LogP contribution in [0.2, 0.25) is 5.02 Å². The smallest absolute Gasteiger partial charge is 0.159 e. The molecule has 1 aromatic heterocycles. The van der Waals surface area contributed by atoms with Gasteiger partial charge < -0.3 is 20.3 Å². The van der Waals surface area contributed by atoms with Crippen LogP contribution in [0, 0.1) is 11.6 Å². The van der Waals surface area contributed by atoms with Gasteiger partial charge >= 0.3 is 0 Å². The van der Waals surface area contributed by atoms with Gasteiger partial charge in [0, 0.05) is 43.3 Å². The number of carbonyl (C=O) groups excluding carboxylic acids is 1. The van der Waals surface area contributed by atoms with Crippen molar-refractivity contribution in [3.8, 4) is 16.9 Å². The molecular weight excluding hydrogens is 512 g/mol. The molecule has 10 heteroatoms. The first-order valence-corrected chi connectivity index (χ1v) is 13.3. The number of aromatic nitrogens is 2. The highest BCUT2D eigenvalue weighted by Crippen LogP contribution is 2.42. The molecule has 1 aliphatic heterocycles. The maximum Gasteiger partial charge on any atom is 0.159 e. The van der Waals surface area contributed by atoms with E-state index in [1.165, 1.54) is 24.5 Å². The summed E-state index contributed by atoms with van der Waals surface area (Å²) in [6, 6.07) is 6.01. The molecule has 7 nitrogen and oxygen atoms in total. The van der Waals surface area contributed by atoms with Gasteiger partial charge in [-0.1, -0.05) is 36.9 Å². The van der Waals surface area contributed by atoms with Gasteiger partial charge in [-0.15, -0.1) is 0 Å². The van der Waals surface area contributed by atoms with Crippen molar-refractivity contribution >= 4 is 34.6 Å². The van der Waals surface area contributed by atoms with Gasteiger partial charge in [0.25, 0.3) is 0 Å².